The van der Waals surface area contributed by atoms with E-state index in [1.54, 1.807) is 25.1 Å². The Kier molecular flexibility index (Phi) is 4.94. The van der Waals surface area contributed by atoms with Crippen molar-refractivity contribution in [1.82, 2.24) is 5.32 Å². The lowest BCUT2D eigenvalue weighted by atomic mass is 10.1. The SMILES string of the molecule is Cc1cccc(OCCCNC(C)(C)C)c1F. The zero-order valence-corrected chi connectivity index (χ0v) is 11.1. The van der Waals surface area contributed by atoms with Crippen molar-refractivity contribution in [3.05, 3.63) is 29.6 Å². The van der Waals surface area contributed by atoms with Gasteiger partial charge in [0, 0.05) is 5.54 Å². The average Bonchev–Trinajstić information content (AvgIpc) is 2.22. The molecular weight excluding hydrogens is 217 g/mol. The van der Waals surface area contributed by atoms with Gasteiger partial charge < -0.3 is 10.1 Å². The van der Waals surface area contributed by atoms with E-state index in [0.29, 0.717) is 17.9 Å². The number of benzene rings is 1. The van der Waals surface area contributed by atoms with E-state index in [0.717, 1.165) is 13.0 Å². The predicted molar refractivity (Wildman–Crippen MR) is 69.0 cm³/mol. The second-order valence-corrected chi connectivity index (χ2v) is 5.27. The molecule has 0 amide bonds. The van der Waals surface area contributed by atoms with Crippen LogP contribution in [0, 0.1) is 12.7 Å². The molecular formula is C14H22FNO. The van der Waals surface area contributed by atoms with Gasteiger partial charge in [-0.1, -0.05) is 12.1 Å². The smallest absolute Gasteiger partial charge is 0.167 e. The molecule has 1 aromatic rings. The van der Waals surface area contributed by atoms with E-state index < -0.39 is 0 Å². The Morgan fingerprint density at radius 1 is 1.29 bits per heavy atom. The molecule has 0 aliphatic carbocycles. The zero-order valence-electron chi connectivity index (χ0n) is 11.1. The molecule has 1 aromatic carbocycles. The number of rotatable bonds is 5. The first-order chi connectivity index (χ1) is 7.90. The van der Waals surface area contributed by atoms with Crippen LogP contribution in [0.25, 0.3) is 0 Å². The average molecular weight is 239 g/mol. The lowest BCUT2D eigenvalue weighted by Gasteiger charge is -2.20. The number of aryl methyl sites for hydroxylation is 1. The van der Waals surface area contributed by atoms with E-state index in [1.807, 2.05) is 0 Å². The fraction of sp³-hybridized carbons (Fsp3) is 0.571. The van der Waals surface area contributed by atoms with Crippen molar-refractivity contribution < 1.29 is 9.13 Å². The van der Waals surface area contributed by atoms with Gasteiger partial charge in [0.15, 0.2) is 11.6 Å². The third-order valence-electron chi connectivity index (χ3n) is 2.39. The Hall–Kier alpha value is -1.09. The summed E-state index contributed by atoms with van der Waals surface area (Å²) in [5, 5.41) is 3.36. The molecule has 0 saturated heterocycles. The van der Waals surface area contributed by atoms with Gasteiger partial charge in [0.2, 0.25) is 0 Å². The molecule has 0 aliphatic heterocycles. The summed E-state index contributed by atoms with van der Waals surface area (Å²) in [4.78, 5) is 0. The minimum absolute atomic E-state index is 0.120. The summed E-state index contributed by atoms with van der Waals surface area (Å²) in [5.41, 5.74) is 0.740. The van der Waals surface area contributed by atoms with Gasteiger partial charge in [0.1, 0.15) is 0 Å². The Labute approximate surface area is 103 Å². The Morgan fingerprint density at radius 3 is 2.65 bits per heavy atom. The molecule has 3 heteroatoms. The molecule has 0 bridgehead atoms. The van der Waals surface area contributed by atoms with Crippen LogP contribution >= 0.6 is 0 Å². The molecule has 0 fully saturated rings. The molecule has 17 heavy (non-hydrogen) atoms. The molecule has 0 aromatic heterocycles. The number of hydrogen-bond acceptors (Lipinski definition) is 2. The minimum atomic E-state index is -0.253. The molecule has 0 atom stereocenters. The zero-order chi connectivity index (χ0) is 12.9. The summed E-state index contributed by atoms with van der Waals surface area (Å²) >= 11 is 0. The van der Waals surface area contributed by atoms with Crippen molar-refractivity contribution in [3.63, 3.8) is 0 Å². The summed E-state index contributed by atoms with van der Waals surface area (Å²) < 4.78 is 19.0. The van der Waals surface area contributed by atoms with Crippen molar-refractivity contribution in [3.8, 4) is 5.75 Å². The molecule has 0 radical (unpaired) electrons. The highest BCUT2D eigenvalue weighted by molar-refractivity contribution is 5.29. The molecule has 96 valence electrons. The van der Waals surface area contributed by atoms with Crippen LogP contribution in [0.3, 0.4) is 0 Å². The van der Waals surface area contributed by atoms with Crippen LogP contribution in [0.1, 0.15) is 32.8 Å². The number of halogens is 1. The maximum atomic E-state index is 13.6. The van der Waals surface area contributed by atoms with Crippen LogP contribution < -0.4 is 10.1 Å². The van der Waals surface area contributed by atoms with Crippen LogP contribution in [-0.4, -0.2) is 18.7 Å². The molecule has 0 saturated carbocycles. The molecule has 2 nitrogen and oxygen atoms in total. The quantitative estimate of drug-likeness (QED) is 0.796. The van der Waals surface area contributed by atoms with E-state index in [4.69, 9.17) is 4.74 Å². The lowest BCUT2D eigenvalue weighted by molar-refractivity contribution is 0.285. The lowest BCUT2D eigenvalue weighted by Crippen LogP contribution is -2.36. The minimum Gasteiger partial charge on any atom is -0.490 e. The molecule has 1 N–H and O–H groups in total. The van der Waals surface area contributed by atoms with E-state index in [-0.39, 0.29) is 11.4 Å². The van der Waals surface area contributed by atoms with Crippen molar-refractivity contribution in [2.24, 2.45) is 0 Å². The predicted octanol–water partition coefficient (Wildman–Crippen LogP) is 3.29. The molecule has 1 rings (SSSR count). The fourth-order valence-electron chi connectivity index (χ4n) is 1.45. The van der Waals surface area contributed by atoms with Gasteiger partial charge in [-0.25, -0.2) is 4.39 Å². The number of hydrogen-bond donors (Lipinski definition) is 1. The maximum Gasteiger partial charge on any atom is 0.167 e. The van der Waals surface area contributed by atoms with Gasteiger partial charge in [-0.3, -0.25) is 0 Å². The van der Waals surface area contributed by atoms with Crippen molar-refractivity contribution in [2.45, 2.75) is 39.7 Å². The fourth-order valence-corrected chi connectivity index (χ4v) is 1.45. The summed E-state index contributed by atoms with van der Waals surface area (Å²) in [6, 6.07) is 5.21. The molecule has 0 heterocycles. The van der Waals surface area contributed by atoms with Crippen LogP contribution in [0.2, 0.25) is 0 Å². The second kappa shape index (κ2) is 6.01. The van der Waals surface area contributed by atoms with E-state index in [2.05, 4.69) is 26.1 Å². The maximum absolute atomic E-state index is 13.6. The second-order valence-electron chi connectivity index (χ2n) is 5.27. The Bertz CT molecular complexity index is 358. The molecule has 0 spiro atoms. The van der Waals surface area contributed by atoms with Gasteiger partial charge in [-0.2, -0.15) is 0 Å². The molecule has 0 unspecified atom stereocenters. The third kappa shape index (κ3) is 5.18. The summed E-state index contributed by atoms with van der Waals surface area (Å²) in [6.45, 7) is 9.50. The molecule has 0 aliphatic rings. The highest BCUT2D eigenvalue weighted by Gasteiger charge is 2.08. The summed E-state index contributed by atoms with van der Waals surface area (Å²) in [6.07, 6.45) is 0.866. The van der Waals surface area contributed by atoms with Crippen LogP contribution in [0.5, 0.6) is 5.75 Å². The van der Waals surface area contributed by atoms with Gasteiger partial charge in [0.05, 0.1) is 6.61 Å². The first-order valence-corrected chi connectivity index (χ1v) is 6.03. The van der Waals surface area contributed by atoms with E-state index in [9.17, 15) is 4.39 Å². The van der Waals surface area contributed by atoms with Crippen LogP contribution in [-0.2, 0) is 0 Å². The third-order valence-corrected chi connectivity index (χ3v) is 2.39. The van der Waals surface area contributed by atoms with Gasteiger partial charge in [-0.05, 0) is 52.3 Å². The first-order valence-electron chi connectivity index (χ1n) is 6.03. The summed E-state index contributed by atoms with van der Waals surface area (Å²) in [7, 11) is 0. The Morgan fingerprint density at radius 2 is 2.00 bits per heavy atom. The highest BCUT2D eigenvalue weighted by Crippen LogP contribution is 2.19. The van der Waals surface area contributed by atoms with Crippen LogP contribution in [0.4, 0.5) is 4.39 Å². The monoisotopic (exact) mass is 239 g/mol. The van der Waals surface area contributed by atoms with Gasteiger partial charge in [-0.15, -0.1) is 0 Å². The normalized spacial score (nSPS) is 11.6. The van der Waals surface area contributed by atoms with E-state index >= 15 is 0 Å². The van der Waals surface area contributed by atoms with E-state index in [1.165, 1.54) is 0 Å². The number of ether oxygens (including phenoxy) is 1. The first kappa shape index (κ1) is 14.0. The standard InChI is InChI=1S/C14H22FNO/c1-11-7-5-8-12(13(11)15)17-10-6-9-16-14(2,3)4/h5,7-8,16H,6,9-10H2,1-4H3. The number of nitrogens with one attached hydrogen (secondary N) is 1. The van der Waals surface area contributed by atoms with Crippen molar-refractivity contribution in [2.75, 3.05) is 13.2 Å². The largest absolute Gasteiger partial charge is 0.490 e. The van der Waals surface area contributed by atoms with Gasteiger partial charge in [0.25, 0.3) is 0 Å². The topological polar surface area (TPSA) is 21.3 Å². The Balaban J connectivity index is 2.29. The highest BCUT2D eigenvalue weighted by atomic mass is 19.1. The van der Waals surface area contributed by atoms with Crippen molar-refractivity contribution in [1.29, 1.82) is 0 Å². The summed E-state index contributed by atoms with van der Waals surface area (Å²) in [5.74, 6) is 0.0945. The van der Waals surface area contributed by atoms with Crippen LogP contribution in [0.15, 0.2) is 18.2 Å². The van der Waals surface area contributed by atoms with Gasteiger partial charge >= 0.3 is 0 Å². The van der Waals surface area contributed by atoms with Crippen molar-refractivity contribution >= 4 is 0 Å².